The molecule has 0 amide bonds. The number of hydrogen-bond donors (Lipinski definition) is 0. The Balaban J connectivity index is 2.39. The molecule has 0 aliphatic carbocycles. The van der Waals surface area contributed by atoms with Crippen LogP contribution < -0.4 is 0 Å². The molecule has 1 aliphatic heterocycles. The highest BCUT2D eigenvalue weighted by Crippen LogP contribution is 2.14. The monoisotopic (exact) mass is 125 g/mol. The van der Waals surface area contributed by atoms with Gasteiger partial charge in [0, 0.05) is 19.0 Å². The van der Waals surface area contributed by atoms with Gasteiger partial charge < -0.3 is 4.90 Å². The average Bonchev–Trinajstić information content (AvgIpc) is 2.47. The molecule has 1 atom stereocenters. The quantitative estimate of drug-likeness (QED) is 0.287. The van der Waals surface area contributed by atoms with Crippen LogP contribution in [0.3, 0.4) is 0 Å². The Morgan fingerprint density at radius 3 is 2.78 bits per heavy atom. The zero-order valence-electron chi connectivity index (χ0n) is 5.31. The molecule has 0 radical (unpaired) electrons. The summed E-state index contributed by atoms with van der Waals surface area (Å²) in [5.41, 5.74) is 7.94. The standard InChI is InChI=1S/C4H7N5/c1-9(2)4-3(6-4)7-8-5/h3H,1-2H3. The van der Waals surface area contributed by atoms with E-state index in [1.54, 1.807) is 0 Å². The van der Waals surface area contributed by atoms with Gasteiger partial charge in [-0.1, -0.05) is 5.11 Å². The minimum absolute atomic E-state index is 0.218. The fourth-order valence-electron chi connectivity index (χ4n) is 0.561. The molecule has 0 aromatic rings. The molecule has 0 saturated heterocycles. The summed E-state index contributed by atoms with van der Waals surface area (Å²) in [6, 6.07) is 0. The molecule has 0 spiro atoms. The van der Waals surface area contributed by atoms with E-state index in [1.807, 2.05) is 19.0 Å². The van der Waals surface area contributed by atoms with Crippen molar-refractivity contribution in [2.24, 2.45) is 10.1 Å². The van der Waals surface area contributed by atoms with Crippen molar-refractivity contribution in [1.29, 1.82) is 0 Å². The van der Waals surface area contributed by atoms with Gasteiger partial charge in [0.1, 0.15) is 5.84 Å². The van der Waals surface area contributed by atoms with Gasteiger partial charge in [0.25, 0.3) is 0 Å². The van der Waals surface area contributed by atoms with E-state index in [9.17, 15) is 0 Å². The third kappa shape index (κ3) is 1.12. The van der Waals surface area contributed by atoms with Crippen molar-refractivity contribution in [2.45, 2.75) is 6.17 Å². The number of amidine groups is 1. The van der Waals surface area contributed by atoms with Gasteiger partial charge in [-0.15, -0.1) is 0 Å². The lowest BCUT2D eigenvalue weighted by Gasteiger charge is -2.01. The maximum atomic E-state index is 7.94. The number of azide groups is 1. The maximum Gasteiger partial charge on any atom is 0.187 e. The smallest absolute Gasteiger partial charge is 0.187 e. The molecule has 0 aromatic carbocycles. The Kier molecular flexibility index (Phi) is 1.28. The molecule has 1 unspecified atom stereocenters. The molecular weight excluding hydrogens is 118 g/mol. The number of aliphatic imine (C=N–C) groups is 1. The van der Waals surface area contributed by atoms with Crippen LogP contribution in [0.1, 0.15) is 0 Å². The number of likely N-dealkylation sites (N-methyl/N-ethyl adjacent to an activating group) is 1. The molecule has 0 aromatic heterocycles. The Hall–Kier alpha value is -1.22. The molecule has 5 nitrogen and oxygen atoms in total. The fraction of sp³-hybridized carbons (Fsp3) is 0.750. The molecule has 9 heavy (non-hydrogen) atoms. The molecular formula is C4H7N5. The van der Waals surface area contributed by atoms with Crippen LogP contribution in [0.15, 0.2) is 10.1 Å². The first-order chi connectivity index (χ1) is 4.25. The van der Waals surface area contributed by atoms with Crippen LogP contribution in [-0.4, -0.2) is 31.0 Å². The van der Waals surface area contributed by atoms with E-state index in [2.05, 4.69) is 15.0 Å². The summed E-state index contributed by atoms with van der Waals surface area (Å²) in [6.07, 6.45) is -0.218. The topological polar surface area (TPSA) is 64.4 Å². The largest absolute Gasteiger partial charge is 0.365 e. The van der Waals surface area contributed by atoms with Crippen molar-refractivity contribution >= 4 is 5.84 Å². The van der Waals surface area contributed by atoms with Gasteiger partial charge in [0.15, 0.2) is 6.17 Å². The number of hydrogen-bond acceptors (Lipinski definition) is 3. The van der Waals surface area contributed by atoms with Gasteiger partial charge in [0.2, 0.25) is 0 Å². The second kappa shape index (κ2) is 1.95. The van der Waals surface area contributed by atoms with E-state index in [4.69, 9.17) is 5.53 Å². The molecule has 0 N–H and O–H groups in total. The van der Waals surface area contributed by atoms with Crippen molar-refractivity contribution in [2.75, 3.05) is 14.1 Å². The van der Waals surface area contributed by atoms with Crippen molar-refractivity contribution in [1.82, 2.24) is 4.90 Å². The summed E-state index contributed by atoms with van der Waals surface area (Å²) >= 11 is 0. The Morgan fingerprint density at radius 2 is 2.44 bits per heavy atom. The van der Waals surface area contributed by atoms with Crippen LogP contribution in [0.4, 0.5) is 0 Å². The molecule has 48 valence electrons. The van der Waals surface area contributed by atoms with E-state index in [1.165, 1.54) is 0 Å². The third-order valence-corrected chi connectivity index (χ3v) is 1.04. The van der Waals surface area contributed by atoms with Gasteiger partial charge >= 0.3 is 0 Å². The normalized spacial score (nSPS) is 22.0. The van der Waals surface area contributed by atoms with E-state index < -0.39 is 0 Å². The second-order valence-corrected chi connectivity index (χ2v) is 1.96. The summed E-state index contributed by atoms with van der Waals surface area (Å²) in [6.45, 7) is 0. The average molecular weight is 125 g/mol. The first kappa shape index (κ1) is 5.91. The summed E-state index contributed by atoms with van der Waals surface area (Å²) in [5, 5.41) is 3.37. The molecule has 0 saturated carbocycles. The lowest BCUT2D eigenvalue weighted by molar-refractivity contribution is 0.628. The highest BCUT2D eigenvalue weighted by Gasteiger charge is 2.27. The van der Waals surface area contributed by atoms with Crippen molar-refractivity contribution in [3.8, 4) is 0 Å². The van der Waals surface area contributed by atoms with Gasteiger partial charge in [-0.2, -0.15) is 0 Å². The van der Waals surface area contributed by atoms with Crippen LogP contribution in [0.25, 0.3) is 10.4 Å². The van der Waals surface area contributed by atoms with Crippen molar-refractivity contribution in [3.63, 3.8) is 0 Å². The van der Waals surface area contributed by atoms with Crippen molar-refractivity contribution in [3.05, 3.63) is 10.4 Å². The van der Waals surface area contributed by atoms with Crippen LogP contribution in [0, 0.1) is 0 Å². The maximum absolute atomic E-state index is 7.94. The van der Waals surface area contributed by atoms with Gasteiger partial charge in [-0.25, -0.2) is 0 Å². The Labute approximate surface area is 52.6 Å². The second-order valence-electron chi connectivity index (χ2n) is 1.96. The molecule has 0 bridgehead atoms. The van der Waals surface area contributed by atoms with Crippen LogP contribution in [0.2, 0.25) is 0 Å². The fourth-order valence-corrected chi connectivity index (χ4v) is 0.561. The van der Waals surface area contributed by atoms with Crippen LogP contribution in [-0.2, 0) is 0 Å². The predicted octanol–water partition coefficient (Wildman–Crippen LogP) is 0.596. The minimum Gasteiger partial charge on any atom is -0.365 e. The van der Waals surface area contributed by atoms with Gasteiger partial charge in [-0.05, 0) is 5.53 Å². The summed E-state index contributed by atoms with van der Waals surface area (Å²) in [7, 11) is 3.73. The van der Waals surface area contributed by atoms with Crippen LogP contribution >= 0.6 is 0 Å². The first-order valence-corrected chi connectivity index (χ1v) is 2.55. The Morgan fingerprint density at radius 1 is 1.78 bits per heavy atom. The zero-order chi connectivity index (χ0) is 6.85. The predicted molar refractivity (Wildman–Crippen MR) is 34.1 cm³/mol. The van der Waals surface area contributed by atoms with E-state index in [-0.39, 0.29) is 6.17 Å². The molecule has 1 heterocycles. The lowest BCUT2D eigenvalue weighted by atomic mass is 10.6. The summed E-state index contributed by atoms with van der Waals surface area (Å²) in [5.74, 6) is 0.854. The highest BCUT2D eigenvalue weighted by atomic mass is 15.4. The number of rotatable bonds is 1. The molecule has 1 aliphatic rings. The Bertz CT molecular complexity index is 187. The highest BCUT2D eigenvalue weighted by molar-refractivity contribution is 5.97. The van der Waals surface area contributed by atoms with E-state index >= 15 is 0 Å². The van der Waals surface area contributed by atoms with E-state index in [0.717, 1.165) is 5.84 Å². The van der Waals surface area contributed by atoms with Gasteiger partial charge in [0.05, 0.1) is 0 Å². The summed E-state index contributed by atoms with van der Waals surface area (Å²) < 4.78 is 0. The third-order valence-electron chi connectivity index (χ3n) is 1.04. The summed E-state index contributed by atoms with van der Waals surface area (Å²) in [4.78, 5) is 8.31. The molecule has 1 rings (SSSR count). The van der Waals surface area contributed by atoms with E-state index in [0.29, 0.717) is 0 Å². The van der Waals surface area contributed by atoms with Crippen molar-refractivity contribution < 1.29 is 0 Å². The zero-order valence-corrected chi connectivity index (χ0v) is 5.31. The minimum atomic E-state index is -0.218. The lowest BCUT2D eigenvalue weighted by Crippen LogP contribution is -2.16. The van der Waals surface area contributed by atoms with Crippen LogP contribution in [0.5, 0.6) is 0 Å². The van der Waals surface area contributed by atoms with Gasteiger partial charge in [-0.3, -0.25) is 4.99 Å². The number of nitrogens with zero attached hydrogens (tertiary/aromatic N) is 5. The molecule has 5 heteroatoms. The SMILES string of the molecule is CN(C)C1=NC1N=[N+]=[N-]. The first-order valence-electron chi connectivity index (χ1n) is 2.55. The molecule has 0 fully saturated rings.